The predicted molar refractivity (Wildman–Crippen MR) is 96.0 cm³/mol. The third kappa shape index (κ3) is 3.56. The van der Waals surface area contributed by atoms with Crippen LogP contribution in [0.4, 0.5) is 20.4 Å². The van der Waals surface area contributed by atoms with Crippen LogP contribution >= 0.6 is 0 Å². The Hall–Kier alpha value is -2.77. The average molecular weight is 374 g/mol. The number of nitrogens with zero attached hydrogens (tertiary/aromatic N) is 4. The van der Waals surface area contributed by atoms with Gasteiger partial charge in [0.25, 0.3) is 0 Å². The van der Waals surface area contributed by atoms with Gasteiger partial charge in [0.1, 0.15) is 17.7 Å². The molecule has 1 amide bonds. The van der Waals surface area contributed by atoms with Gasteiger partial charge in [-0.25, -0.2) is 13.8 Å². The lowest BCUT2D eigenvalue weighted by atomic mass is 10.1. The molecule has 3 heterocycles. The van der Waals surface area contributed by atoms with E-state index in [1.807, 2.05) is 0 Å². The highest BCUT2D eigenvalue weighted by molar-refractivity contribution is 5.94. The van der Waals surface area contributed by atoms with E-state index < -0.39 is 11.6 Å². The molecule has 4 rings (SSSR count). The van der Waals surface area contributed by atoms with Gasteiger partial charge < -0.3 is 9.64 Å². The van der Waals surface area contributed by atoms with Crippen LogP contribution in [0.1, 0.15) is 25.0 Å². The van der Waals surface area contributed by atoms with Crippen molar-refractivity contribution in [3.63, 3.8) is 0 Å². The van der Waals surface area contributed by atoms with Crippen LogP contribution in [0.25, 0.3) is 0 Å². The predicted octanol–water partition coefficient (Wildman–Crippen LogP) is 2.71. The lowest BCUT2D eigenvalue weighted by Crippen LogP contribution is -2.39. The van der Waals surface area contributed by atoms with Gasteiger partial charge in [-0.3, -0.25) is 14.7 Å². The molecular weight excluding hydrogens is 354 g/mol. The first-order chi connectivity index (χ1) is 13.0. The lowest BCUT2D eigenvalue weighted by molar-refractivity contribution is -0.118. The zero-order chi connectivity index (χ0) is 19.0. The molecule has 2 aromatic rings. The van der Waals surface area contributed by atoms with E-state index in [9.17, 15) is 13.6 Å². The molecule has 1 fully saturated rings. The third-order valence-corrected chi connectivity index (χ3v) is 5.04. The Morgan fingerprint density at radius 2 is 1.96 bits per heavy atom. The summed E-state index contributed by atoms with van der Waals surface area (Å²) in [5, 5.41) is 0. The van der Waals surface area contributed by atoms with E-state index >= 15 is 0 Å². The van der Waals surface area contributed by atoms with Crippen LogP contribution in [0.15, 0.2) is 24.4 Å². The number of carbonyl (C=O) groups excluding carboxylic acids is 1. The first-order valence-corrected chi connectivity index (χ1v) is 9.00. The maximum absolute atomic E-state index is 13.7. The van der Waals surface area contributed by atoms with Crippen molar-refractivity contribution in [2.45, 2.75) is 31.8 Å². The van der Waals surface area contributed by atoms with Crippen LogP contribution in [-0.2, 0) is 11.2 Å². The molecule has 0 aliphatic carbocycles. The Bertz CT molecular complexity index is 869. The van der Waals surface area contributed by atoms with Gasteiger partial charge in [-0.1, -0.05) is 0 Å². The summed E-state index contributed by atoms with van der Waals surface area (Å²) in [6.07, 6.45) is 4.04. The highest BCUT2D eigenvalue weighted by Gasteiger charge is 2.27. The monoisotopic (exact) mass is 374 g/mol. The number of anilines is 2. The number of amides is 1. The second kappa shape index (κ2) is 7.09. The zero-order valence-corrected chi connectivity index (χ0v) is 15.0. The minimum absolute atomic E-state index is 0.0439. The number of halogens is 2. The summed E-state index contributed by atoms with van der Waals surface area (Å²) in [7, 11) is 1.72. The molecule has 2 aliphatic rings. The summed E-state index contributed by atoms with van der Waals surface area (Å²) in [6.45, 7) is 1.36. The number of piperidine rings is 1. The molecule has 0 radical (unpaired) electrons. The van der Waals surface area contributed by atoms with Crippen LogP contribution < -0.4 is 14.5 Å². The Kier molecular flexibility index (Phi) is 4.63. The van der Waals surface area contributed by atoms with Gasteiger partial charge in [-0.15, -0.1) is 0 Å². The fourth-order valence-electron chi connectivity index (χ4n) is 3.46. The van der Waals surface area contributed by atoms with Gasteiger partial charge in [0.05, 0.1) is 11.9 Å². The topological polar surface area (TPSA) is 58.6 Å². The number of carbonyl (C=O) groups is 1. The molecule has 6 nitrogen and oxygen atoms in total. The van der Waals surface area contributed by atoms with Gasteiger partial charge in [0, 0.05) is 51.9 Å². The van der Waals surface area contributed by atoms with Crippen molar-refractivity contribution in [3.8, 4) is 5.75 Å². The van der Waals surface area contributed by atoms with E-state index in [1.165, 1.54) is 12.1 Å². The molecule has 142 valence electrons. The smallest absolute Gasteiger partial charge is 0.228 e. The number of benzene rings is 1. The number of rotatable bonds is 3. The lowest BCUT2D eigenvalue weighted by Gasteiger charge is -2.33. The molecule has 0 saturated carbocycles. The maximum atomic E-state index is 13.7. The van der Waals surface area contributed by atoms with Crippen molar-refractivity contribution in [1.82, 2.24) is 9.97 Å². The normalized spacial score (nSPS) is 17.8. The second-order valence-electron chi connectivity index (χ2n) is 6.83. The van der Waals surface area contributed by atoms with Crippen molar-refractivity contribution in [2.75, 3.05) is 29.9 Å². The van der Waals surface area contributed by atoms with Gasteiger partial charge in [-0.2, -0.15) is 0 Å². The number of hydrogen-bond donors (Lipinski definition) is 0. The Balaban J connectivity index is 1.41. The molecule has 0 N–H and O–H groups in total. The zero-order valence-electron chi connectivity index (χ0n) is 15.0. The minimum Gasteiger partial charge on any atom is -0.487 e. The SMILES string of the molecule is CN1C(=O)CCc2ncc(N3CCC(Oc4ccc(F)cc4F)CC3)nc21. The summed E-state index contributed by atoms with van der Waals surface area (Å²) < 4.78 is 32.4. The van der Waals surface area contributed by atoms with Crippen LogP contribution in [0.3, 0.4) is 0 Å². The number of hydrogen-bond acceptors (Lipinski definition) is 5. The molecule has 1 saturated heterocycles. The summed E-state index contributed by atoms with van der Waals surface area (Å²) in [5.41, 5.74) is 0.839. The van der Waals surface area contributed by atoms with Crippen LogP contribution in [-0.4, -0.2) is 42.1 Å². The first kappa shape index (κ1) is 17.6. The number of aromatic nitrogens is 2. The van der Waals surface area contributed by atoms with Crippen LogP contribution in [0.5, 0.6) is 5.75 Å². The molecule has 0 spiro atoms. The standard InChI is InChI=1S/C19H20F2N4O2/c1-24-18(26)5-3-15-19(24)23-17(11-22-15)25-8-6-13(7-9-25)27-16-4-2-12(20)10-14(16)21/h2,4,10-11,13H,3,5-9H2,1H3. The van der Waals surface area contributed by atoms with Gasteiger partial charge in [-0.05, 0) is 12.1 Å². The largest absolute Gasteiger partial charge is 0.487 e. The van der Waals surface area contributed by atoms with Crippen molar-refractivity contribution in [3.05, 3.63) is 41.7 Å². The minimum atomic E-state index is -0.689. The fourth-order valence-corrected chi connectivity index (χ4v) is 3.46. The summed E-state index contributed by atoms with van der Waals surface area (Å²) in [5.74, 6) is 0.151. The fraction of sp³-hybridized carbons (Fsp3) is 0.421. The molecule has 8 heteroatoms. The van der Waals surface area contributed by atoms with E-state index in [2.05, 4.69) is 14.9 Å². The molecule has 0 unspecified atom stereocenters. The van der Waals surface area contributed by atoms with E-state index in [0.29, 0.717) is 44.6 Å². The van der Waals surface area contributed by atoms with Gasteiger partial charge >= 0.3 is 0 Å². The van der Waals surface area contributed by atoms with Crippen molar-refractivity contribution in [1.29, 1.82) is 0 Å². The number of ether oxygens (including phenoxy) is 1. The van der Waals surface area contributed by atoms with Gasteiger partial charge in [0.15, 0.2) is 17.4 Å². The molecule has 0 bridgehead atoms. The maximum Gasteiger partial charge on any atom is 0.228 e. The molecule has 2 aliphatic heterocycles. The second-order valence-corrected chi connectivity index (χ2v) is 6.83. The highest BCUT2D eigenvalue weighted by atomic mass is 19.1. The van der Waals surface area contributed by atoms with Crippen molar-refractivity contribution in [2.24, 2.45) is 0 Å². The summed E-state index contributed by atoms with van der Waals surface area (Å²) in [4.78, 5) is 24.6. The molecule has 1 aromatic carbocycles. The molecule has 1 aromatic heterocycles. The van der Waals surface area contributed by atoms with E-state index in [0.717, 1.165) is 17.6 Å². The Morgan fingerprint density at radius 1 is 1.19 bits per heavy atom. The van der Waals surface area contributed by atoms with E-state index in [4.69, 9.17) is 4.74 Å². The number of fused-ring (bicyclic) bond motifs is 1. The molecule has 27 heavy (non-hydrogen) atoms. The van der Waals surface area contributed by atoms with Crippen LogP contribution in [0.2, 0.25) is 0 Å². The van der Waals surface area contributed by atoms with Crippen LogP contribution in [0, 0.1) is 11.6 Å². The number of aryl methyl sites for hydroxylation is 1. The first-order valence-electron chi connectivity index (χ1n) is 9.00. The summed E-state index contributed by atoms with van der Waals surface area (Å²) in [6, 6.07) is 3.33. The Morgan fingerprint density at radius 3 is 2.70 bits per heavy atom. The molecular formula is C19H20F2N4O2. The Labute approximate surface area is 155 Å². The third-order valence-electron chi connectivity index (χ3n) is 5.04. The average Bonchev–Trinajstić information content (AvgIpc) is 2.67. The highest BCUT2D eigenvalue weighted by Crippen LogP contribution is 2.28. The van der Waals surface area contributed by atoms with Crippen molar-refractivity contribution < 1.29 is 18.3 Å². The quantitative estimate of drug-likeness (QED) is 0.827. The summed E-state index contributed by atoms with van der Waals surface area (Å²) >= 11 is 0. The van der Waals surface area contributed by atoms with Crippen molar-refractivity contribution >= 4 is 17.5 Å². The molecule has 0 atom stereocenters. The van der Waals surface area contributed by atoms with E-state index in [-0.39, 0.29) is 17.8 Å². The van der Waals surface area contributed by atoms with E-state index in [1.54, 1.807) is 18.1 Å². The van der Waals surface area contributed by atoms with Gasteiger partial charge in [0.2, 0.25) is 5.91 Å².